The van der Waals surface area contributed by atoms with E-state index in [0.29, 0.717) is 16.9 Å². The van der Waals surface area contributed by atoms with Gasteiger partial charge in [-0.25, -0.2) is 0 Å². The van der Waals surface area contributed by atoms with Crippen molar-refractivity contribution >= 4 is 5.91 Å². The van der Waals surface area contributed by atoms with E-state index < -0.39 is 0 Å². The van der Waals surface area contributed by atoms with Gasteiger partial charge in [0.15, 0.2) is 0 Å². The SMILES string of the molecule is CC1(C)CC2CC(C)(CN2C(=O)c2cccnc2)C1. The Labute approximate surface area is 115 Å². The first-order valence-corrected chi connectivity index (χ1v) is 7.10. The second-order valence-corrected chi connectivity index (χ2v) is 7.39. The smallest absolute Gasteiger partial charge is 0.255 e. The average Bonchev–Trinajstić information content (AvgIpc) is 2.59. The van der Waals surface area contributed by atoms with Gasteiger partial charge in [0.2, 0.25) is 0 Å². The lowest BCUT2D eigenvalue weighted by Gasteiger charge is -2.39. The van der Waals surface area contributed by atoms with Gasteiger partial charge in [0, 0.05) is 25.0 Å². The number of pyridine rings is 1. The molecule has 19 heavy (non-hydrogen) atoms. The summed E-state index contributed by atoms with van der Waals surface area (Å²) in [6, 6.07) is 4.10. The molecule has 2 unspecified atom stereocenters. The van der Waals surface area contributed by atoms with E-state index in [1.807, 2.05) is 12.1 Å². The first-order valence-electron chi connectivity index (χ1n) is 7.10. The predicted octanol–water partition coefficient (Wildman–Crippen LogP) is 3.12. The number of nitrogens with zero attached hydrogens (tertiary/aromatic N) is 2. The molecule has 3 nitrogen and oxygen atoms in total. The van der Waals surface area contributed by atoms with Gasteiger partial charge in [-0.15, -0.1) is 0 Å². The molecule has 0 aromatic carbocycles. The molecule has 2 heterocycles. The molecule has 1 aliphatic carbocycles. The van der Waals surface area contributed by atoms with E-state index in [0.717, 1.165) is 24.9 Å². The lowest BCUT2D eigenvalue weighted by atomic mass is 9.65. The normalized spacial score (nSPS) is 32.4. The third-order valence-electron chi connectivity index (χ3n) is 4.58. The van der Waals surface area contributed by atoms with Gasteiger partial charge in [-0.3, -0.25) is 9.78 Å². The van der Waals surface area contributed by atoms with E-state index in [1.165, 1.54) is 6.42 Å². The summed E-state index contributed by atoms with van der Waals surface area (Å²) in [7, 11) is 0. The summed E-state index contributed by atoms with van der Waals surface area (Å²) in [5.74, 6) is 0.152. The Morgan fingerprint density at radius 3 is 2.84 bits per heavy atom. The maximum atomic E-state index is 12.6. The summed E-state index contributed by atoms with van der Waals surface area (Å²) in [4.78, 5) is 18.8. The molecule has 0 N–H and O–H groups in total. The van der Waals surface area contributed by atoms with Gasteiger partial charge in [0.25, 0.3) is 5.91 Å². The van der Waals surface area contributed by atoms with Crippen LogP contribution in [0.2, 0.25) is 0 Å². The van der Waals surface area contributed by atoms with Crippen LogP contribution in [0, 0.1) is 10.8 Å². The maximum absolute atomic E-state index is 12.6. The Morgan fingerprint density at radius 2 is 2.16 bits per heavy atom. The average molecular weight is 258 g/mol. The molecule has 2 bridgehead atoms. The molecule has 1 aliphatic heterocycles. The maximum Gasteiger partial charge on any atom is 0.255 e. The zero-order chi connectivity index (χ0) is 13.7. The van der Waals surface area contributed by atoms with Crippen LogP contribution in [0.1, 0.15) is 50.4 Å². The van der Waals surface area contributed by atoms with Crippen molar-refractivity contribution in [1.82, 2.24) is 9.88 Å². The molecule has 0 radical (unpaired) electrons. The Kier molecular flexibility index (Phi) is 2.70. The molecule has 2 fully saturated rings. The highest BCUT2D eigenvalue weighted by molar-refractivity contribution is 5.94. The summed E-state index contributed by atoms with van der Waals surface area (Å²) in [5, 5.41) is 0. The number of carbonyl (C=O) groups is 1. The van der Waals surface area contributed by atoms with Crippen molar-refractivity contribution in [2.45, 2.75) is 46.1 Å². The molecule has 3 rings (SSSR count). The fraction of sp³-hybridized carbons (Fsp3) is 0.625. The van der Waals surface area contributed by atoms with Gasteiger partial charge in [0.05, 0.1) is 5.56 Å². The quantitative estimate of drug-likeness (QED) is 0.775. The number of fused-ring (bicyclic) bond motifs is 2. The van der Waals surface area contributed by atoms with Crippen molar-refractivity contribution in [1.29, 1.82) is 0 Å². The van der Waals surface area contributed by atoms with Crippen molar-refractivity contribution in [2.24, 2.45) is 10.8 Å². The van der Waals surface area contributed by atoms with Crippen LogP contribution in [-0.2, 0) is 0 Å². The van der Waals surface area contributed by atoms with E-state index in [2.05, 4.69) is 30.7 Å². The minimum absolute atomic E-state index is 0.152. The fourth-order valence-electron chi connectivity index (χ4n) is 4.35. The van der Waals surface area contributed by atoms with Crippen LogP contribution < -0.4 is 0 Å². The van der Waals surface area contributed by atoms with E-state index in [4.69, 9.17) is 0 Å². The van der Waals surface area contributed by atoms with Crippen LogP contribution in [0.5, 0.6) is 0 Å². The first kappa shape index (κ1) is 12.6. The van der Waals surface area contributed by atoms with Gasteiger partial charge in [-0.1, -0.05) is 20.8 Å². The lowest BCUT2D eigenvalue weighted by Crippen LogP contribution is -2.37. The van der Waals surface area contributed by atoms with Crippen molar-refractivity contribution < 1.29 is 4.79 Å². The summed E-state index contributed by atoms with van der Waals surface area (Å²) in [5.41, 5.74) is 1.36. The monoisotopic (exact) mass is 258 g/mol. The number of rotatable bonds is 1. The largest absolute Gasteiger partial charge is 0.335 e. The Balaban J connectivity index is 1.86. The Bertz CT molecular complexity index is 497. The fourth-order valence-corrected chi connectivity index (χ4v) is 4.35. The zero-order valence-electron chi connectivity index (χ0n) is 12.0. The Morgan fingerprint density at radius 1 is 1.37 bits per heavy atom. The number of likely N-dealkylation sites (tertiary alicyclic amines) is 1. The summed E-state index contributed by atoms with van der Waals surface area (Å²) < 4.78 is 0. The summed E-state index contributed by atoms with van der Waals surface area (Å²) >= 11 is 0. The number of carbonyl (C=O) groups excluding carboxylic acids is 1. The van der Waals surface area contributed by atoms with Crippen LogP contribution in [0.4, 0.5) is 0 Å². The highest BCUT2D eigenvalue weighted by Crippen LogP contribution is 2.52. The van der Waals surface area contributed by atoms with Crippen LogP contribution >= 0.6 is 0 Å². The highest BCUT2D eigenvalue weighted by atomic mass is 16.2. The molecule has 102 valence electrons. The number of amides is 1. The van der Waals surface area contributed by atoms with Gasteiger partial charge < -0.3 is 4.90 Å². The summed E-state index contributed by atoms with van der Waals surface area (Å²) in [6.07, 6.45) is 6.88. The van der Waals surface area contributed by atoms with Crippen molar-refractivity contribution in [2.75, 3.05) is 6.54 Å². The molecule has 0 spiro atoms. The Hall–Kier alpha value is -1.38. The molecule has 1 amide bonds. The van der Waals surface area contributed by atoms with E-state index in [1.54, 1.807) is 12.4 Å². The number of aromatic nitrogens is 1. The van der Waals surface area contributed by atoms with E-state index >= 15 is 0 Å². The summed E-state index contributed by atoms with van der Waals surface area (Å²) in [6.45, 7) is 7.89. The minimum atomic E-state index is 0.152. The van der Waals surface area contributed by atoms with Gasteiger partial charge in [0.1, 0.15) is 0 Å². The molecule has 1 saturated heterocycles. The van der Waals surface area contributed by atoms with Crippen LogP contribution in [-0.4, -0.2) is 28.4 Å². The highest BCUT2D eigenvalue weighted by Gasteiger charge is 2.50. The van der Waals surface area contributed by atoms with E-state index in [-0.39, 0.29) is 5.91 Å². The molecule has 2 aliphatic rings. The van der Waals surface area contributed by atoms with Gasteiger partial charge >= 0.3 is 0 Å². The lowest BCUT2D eigenvalue weighted by molar-refractivity contribution is 0.0708. The van der Waals surface area contributed by atoms with Crippen LogP contribution in [0.25, 0.3) is 0 Å². The van der Waals surface area contributed by atoms with Crippen molar-refractivity contribution in [3.8, 4) is 0 Å². The predicted molar refractivity (Wildman–Crippen MR) is 74.8 cm³/mol. The molecule has 1 saturated carbocycles. The third kappa shape index (κ3) is 2.26. The van der Waals surface area contributed by atoms with E-state index in [9.17, 15) is 4.79 Å². The topological polar surface area (TPSA) is 33.2 Å². The molecule has 3 heteroatoms. The number of hydrogen-bond acceptors (Lipinski definition) is 2. The van der Waals surface area contributed by atoms with Crippen LogP contribution in [0.15, 0.2) is 24.5 Å². The number of hydrogen-bond donors (Lipinski definition) is 0. The molecule has 1 aromatic rings. The van der Waals surface area contributed by atoms with Crippen molar-refractivity contribution in [3.63, 3.8) is 0 Å². The minimum Gasteiger partial charge on any atom is -0.335 e. The molecular formula is C16H22N2O. The molecule has 1 aromatic heterocycles. The second-order valence-electron chi connectivity index (χ2n) is 7.39. The van der Waals surface area contributed by atoms with Crippen LogP contribution in [0.3, 0.4) is 0 Å². The zero-order valence-corrected chi connectivity index (χ0v) is 12.0. The standard InChI is InChI=1S/C16H22N2O/c1-15(2)7-13-8-16(3,10-15)11-18(13)14(19)12-5-4-6-17-9-12/h4-6,9,13H,7-8,10-11H2,1-3H3. The molecule has 2 atom stereocenters. The van der Waals surface area contributed by atoms with Gasteiger partial charge in [-0.05, 0) is 42.2 Å². The van der Waals surface area contributed by atoms with Gasteiger partial charge in [-0.2, -0.15) is 0 Å². The second kappa shape index (κ2) is 4.06. The first-order chi connectivity index (χ1) is 8.89. The van der Waals surface area contributed by atoms with Crippen molar-refractivity contribution in [3.05, 3.63) is 30.1 Å². The third-order valence-corrected chi connectivity index (χ3v) is 4.58. The molecular weight excluding hydrogens is 236 g/mol.